The summed E-state index contributed by atoms with van der Waals surface area (Å²) in [5, 5.41) is 10.5. The zero-order valence-electron chi connectivity index (χ0n) is 16.1. The number of H-pyrrole nitrogens is 1. The number of fused-ring (bicyclic) bond motifs is 1. The maximum absolute atomic E-state index is 12.5. The molecule has 27 heavy (non-hydrogen) atoms. The largest absolute Gasteiger partial charge is 0.493 e. The van der Waals surface area contributed by atoms with Gasteiger partial charge in [0.1, 0.15) is 5.75 Å². The summed E-state index contributed by atoms with van der Waals surface area (Å²) in [5.74, 6) is 0.743. The van der Waals surface area contributed by atoms with Gasteiger partial charge < -0.3 is 14.8 Å². The van der Waals surface area contributed by atoms with Crippen LogP contribution >= 0.6 is 0 Å². The van der Waals surface area contributed by atoms with Gasteiger partial charge in [-0.1, -0.05) is 12.1 Å². The topological polar surface area (TPSA) is 75.2 Å². The number of hydrogen-bond donors (Lipinski definition) is 2. The van der Waals surface area contributed by atoms with Crippen molar-refractivity contribution in [2.75, 3.05) is 6.61 Å². The summed E-state index contributed by atoms with van der Waals surface area (Å²) in [7, 11) is 0. The molecule has 0 bridgehead atoms. The summed E-state index contributed by atoms with van der Waals surface area (Å²) >= 11 is 0. The first-order chi connectivity index (χ1) is 12.8. The standard InChI is InChI=1S/C22H26N2O3/c1-15-19(24-20-7-5-4-6-18(20)21(15)25)9-8-16-14-17(10-12-23-16)27-13-11-22(2,3)26/h4-7,10,12,14,26H,8-9,11,13H2,1-3H3,(H,24,25). The summed E-state index contributed by atoms with van der Waals surface area (Å²) in [6.45, 7) is 5.84. The normalized spacial score (nSPS) is 11.7. The lowest BCUT2D eigenvalue weighted by Crippen LogP contribution is -2.21. The van der Waals surface area contributed by atoms with Gasteiger partial charge in [0.05, 0.1) is 12.2 Å². The highest BCUT2D eigenvalue weighted by Crippen LogP contribution is 2.16. The molecule has 0 amide bonds. The quantitative estimate of drug-likeness (QED) is 0.670. The van der Waals surface area contributed by atoms with Gasteiger partial charge in [-0.25, -0.2) is 0 Å². The Kier molecular flexibility index (Phi) is 5.61. The van der Waals surface area contributed by atoms with Gasteiger partial charge >= 0.3 is 0 Å². The van der Waals surface area contributed by atoms with Gasteiger partial charge in [-0.05, 0) is 51.8 Å². The average Bonchev–Trinajstić information content (AvgIpc) is 2.63. The number of aromatic nitrogens is 2. The molecule has 2 heterocycles. The van der Waals surface area contributed by atoms with E-state index in [4.69, 9.17) is 4.74 Å². The third-order valence-electron chi connectivity index (χ3n) is 4.65. The number of rotatable bonds is 7. The van der Waals surface area contributed by atoms with Gasteiger partial charge in [0, 0.05) is 46.5 Å². The second kappa shape index (κ2) is 7.92. The Bertz CT molecular complexity index is 987. The smallest absolute Gasteiger partial charge is 0.192 e. The van der Waals surface area contributed by atoms with Crippen LogP contribution in [-0.4, -0.2) is 27.3 Å². The number of benzene rings is 1. The van der Waals surface area contributed by atoms with Crippen LogP contribution in [0.2, 0.25) is 0 Å². The number of ether oxygens (including phenoxy) is 1. The average molecular weight is 366 g/mol. The monoisotopic (exact) mass is 366 g/mol. The van der Waals surface area contributed by atoms with E-state index in [-0.39, 0.29) is 5.43 Å². The summed E-state index contributed by atoms with van der Waals surface area (Å²) in [6, 6.07) is 11.3. The molecule has 0 radical (unpaired) electrons. The van der Waals surface area contributed by atoms with Gasteiger partial charge in [-0.3, -0.25) is 9.78 Å². The SMILES string of the molecule is Cc1c(CCc2cc(OCCC(C)(C)O)ccn2)[nH]c2ccccc2c1=O. The van der Waals surface area contributed by atoms with Crippen LogP contribution in [0.1, 0.15) is 37.2 Å². The fourth-order valence-corrected chi connectivity index (χ4v) is 2.99. The lowest BCUT2D eigenvalue weighted by Gasteiger charge is -2.17. The number of aromatic amines is 1. The molecule has 2 aromatic heterocycles. The van der Waals surface area contributed by atoms with E-state index in [0.29, 0.717) is 25.9 Å². The van der Waals surface area contributed by atoms with Gasteiger partial charge in [-0.15, -0.1) is 0 Å². The van der Waals surface area contributed by atoms with E-state index in [0.717, 1.165) is 33.6 Å². The minimum Gasteiger partial charge on any atom is -0.493 e. The second-order valence-electron chi connectivity index (χ2n) is 7.50. The summed E-state index contributed by atoms with van der Waals surface area (Å²) in [6.07, 6.45) is 3.69. The predicted molar refractivity (Wildman–Crippen MR) is 107 cm³/mol. The van der Waals surface area contributed by atoms with Gasteiger partial charge in [-0.2, -0.15) is 0 Å². The van der Waals surface area contributed by atoms with Gasteiger partial charge in [0.25, 0.3) is 0 Å². The number of nitrogens with one attached hydrogen (secondary N) is 1. The molecule has 3 rings (SSSR count). The third kappa shape index (κ3) is 4.95. The molecule has 0 aliphatic heterocycles. The molecule has 0 fully saturated rings. The lowest BCUT2D eigenvalue weighted by molar-refractivity contribution is 0.0553. The van der Waals surface area contributed by atoms with Crippen molar-refractivity contribution in [3.8, 4) is 5.75 Å². The van der Waals surface area contributed by atoms with Crippen LogP contribution in [-0.2, 0) is 12.8 Å². The van der Waals surface area contributed by atoms with E-state index in [1.165, 1.54) is 0 Å². The first-order valence-corrected chi connectivity index (χ1v) is 9.24. The molecule has 0 saturated carbocycles. The molecule has 0 unspecified atom stereocenters. The Hall–Kier alpha value is -2.66. The molecule has 1 aromatic carbocycles. The van der Waals surface area contributed by atoms with Crippen LogP contribution in [0.15, 0.2) is 47.4 Å². The highest BCUT2D eigenvalue weighted by molar-refractivity contribution is 5.79. The first-order valence-electron chi connectivity index (χ1n) is 9.24. The molecule has 0 spiro atoms. The van der Waals surface area contributed by atoms with E-state index >= 15 is 0 Å². The minimum atomic E-state index is -0.741. The highest BCUT2D eigenvalue weighted by atomic mass is 16.5. The minimum absolute atomic E-state index is 0.0796. The van der Waals surface area contributed by atoms with Crippen molar-refractivity contribution >= 4 is 10.9 Å². The molecule has 0 aliphatic carbocycles. The molecule has 3 aromatic rings. The van der Waals surface area contributed by atoms with Crippen molar-refractivity contribution in [2.24, 2.45) is 0 Å². The molecule has 5 heteroatoms. The fraction of sp³-hybridized carbons (Fsp3) is 0.364. The van der Waals surface area contributed by atoms with Crippen LogP contribution in [0, 0.1) is 6.92 Å². The van der Waals surface area contributed by atoms with E-state index in [9.17, 15) is 9.90 Å². The lowest BCUT2D eigenvalue weighted by atomic mass is 10.0. The van der Waals surface area contributed by atoms with Crippen LogP contribution in [0.3, 0.4) is 0 Å². The Morgan fingerprint density at radius 2 is 1.96 bits per heavy atom. The number of aliphatic hydroxyl groups is 1. The maximum atomic E-state index is 12.5. The van der Waals surface area contributed by atoms with E-state index < -0.39 is 5.60 Å². The Labute approximate surface area is 159 Å². The Morgan fingerprint density at radius 3 is 2.74 bits per heavy atom. The molecule has 5 nitrogen and oxygen atoms in total. The molecule has 0 saturated heterocycles. The second-order valence-corrected chi connectivity index (χ2v) is 7.50. The van der Waals surface area contributed by atoms with E-state index in [1.54, 1.807) is 20.0 Å². The predicted octanol–water partition coefficient (Wildman–Crippen LogP) is 3.56. The van der Waals surface area contributed by atoms with Crippen molar-refractivity contribution in [2.45, 2.75) is 45.6 Å². The number of hydrogen-bond acceptors (Lipinski definition) is 4. The molecular formula is C22H26N2O3. The van der Waals surface area contributed by atoms with Crippen molar-refractivity contribution in [3.63, 3.8) is 0 Å². The molecule has 2 N–H and O–H groups in total. The zero-order chi connectivity index (χ0) is 19.4. The zero-order valence-corrected chi connectivity index (χ0v) is 16.1. The molecule has 0 aliphatic rings. The van der Waals surface area contributed by atoms with Crippen molar-refractivity contribution in [1.82, 2.24) is 9.97 Å². The Balaban J connectivity index is 1.70. The van der Waals surface area contributed by atoms with Crippen LogP contribution in [0.5, 0.6) is 5.75 Å². The van der Waals surface area contributed by atoms with E-state index in [1.807, 2.05) is 43.3 Å². The maximum Gasteiger partial charge on any atom is 0.192 e. The van der Waals surface area contributed by atoms with Crippen LogP contribution < -0.4 is 10.2 Å². The first kappa shape index (κ1) is 19.1. The van der Waals surface area contributed by atoms with Crippen LogP contribution in [0.4, 0.5) is 0 Å². The van der Waals surface area contributed by atoms with Crippen molar-refractivity contribution < 1.29 is 9.84 Å². The number of nitrogens with zero attached hydrogens (tertiary/aromatic N) is 1. The number of pyridine rings is 2. The van der Waals surface area contributed by atoms with Crippen molar-refractivity contribution in [3.05, 3.63) is 69.8 Å². The van der Waals surface area contributed by atoms with E-state index in [2.05, 4.69) is 9.97 Å². The third-order valence-corrected chi connectivity index (χ3v) is 4.65. The Morgan fingerprint density at radius 1 is 1.19 bits per heavy atom. The van der Waals surface area contributed by atoms with Crippen molar-refractivity contribution in [1.29, 1.82) is 0 Å². The summed E-state index contributed by atoms with van der Waals surface area (Å²) < 4.78 is 5.72. The molecule has 142 valence electrons. The molecular weight excluding hydrogens is 340 g/mol. The number of aryl methyl sites for hydroxylation is 2. The summed E-state index contributed by atoms with van der Waals surface area (Å²) in [5.41, 5.74) is 2.80. The summed E-state index contributed by atoms with van der Waals surface area (Å²) in [4.78, 5) is 20.3. The highest BCUT2D eigenvalue weighted by Gasteiger charge is 2.12. The van der Waals surface area contributed by atoms with Gasteiger partial charge in [0.2, 0.25) is 0 Å². The number of para-hydroxylation sites is 1. The molecule has 0 atom stereocenters. The van der Waals surface area contributed by atoms with Gasteiger partial charge in [0.15, 0.2) is 5.43 Å². The van der Waals surface area contributed by atoms with Crippen LogP contribution in [0.25, 0.3) is 10.9 Å². The fourth-order valence-electron chi connectivity index (χ4n) is 2.99.